The summed E-state index contributed by atoms with van der Waals surface area (Å²) in [7, 11) is 1.58. The fourth-order valence-electron chi connectivity index (χ4n) is 1.35. The van der Waals surface area contributed by atoms with E-state index < -0.39 is 0 Å². The topological polar surface area (TPSA) is 47.9 Å². The predicted octanol–water partition coefficient (Wildman–Crippen LogP) is 3.75. The van der Waals surface area contributed by atoms with Crippen molar-refractivity contribution in [2.75, 3.05) is 7.11 Å². The Morgan fingerprint density at radius 3 is 2.78 bits per heavy atom. The number of hydrogen-bond donors (Lipinski definition) is 0. The van der Waals surface area contributed by atoms with Crippen LogP contribution >= 0.6 is 39.1 Å². The maximum atomic E-state index is 6.05. The standard InChI is InChI=1S/C11H8BrCl2N3O/c1-18-5-7-8(12)10(14)17-11(16-7)9-6(13)3-2-4-15-9/h2-4H,5H2,1H3. The van der Waals surface area contributed by atoms with Crippen molar-refractivity contribution in [3.05, 3.63) is 38.7 Å². The van der Waals surface area contributed by atoms with E-state index in [0.29, 0.717) is 38.5 Å². The first-order valence-electron chi connectivity index (χ1n) is 4.95. The molecule has 0 aliphatic rings. The highest BCUT2D eigenvalue weighted by atomic mass is 79.9. The number of ether oxygens (including phenoxy) is 1. The summed E-state index contributed by atoms with van der Waals surface area (Å²) in [6.45, 7) is 0.320. The van der Waals surface area contributed by atoms with Crippen LogP contribution in [0.15, 0.2) is 22.8 Å². The van der Waals surface area contributed by atoms with Gasteiger partial charge in [-0.3, -0.25) is 4.98 Å². The van der Waals surface area contributed by atoms with Crippen LogP contribution in [0, 0.1) is 0 Å². The summed E-state index contributed by atoms with van der Waals surface area (Å²) in [6, 6.07) is 3.46. The van der Waals surface area contributed by atoms with Crippen molar-refractivity contribution in [2.24, 2.45) is 0 Å². The van der Waals surface area contributed by atoms with Crippen LogP contribution < -0.4 is 0 Å². The monoisotopic (exact) mass is 347 g/mol. The molecule has 0 aliphatic carbocycles. The molecule has 18 heavy (non-hydrogen) atoms. The Kier molecular flexibility index (Phi) is 4.50. The summed E-state index contributed by atoms with van der Waals surface area (Å²) in [6.07, 6.45) is 1.62. The number of methoxy groups -OCH3 is 1. The summed E-state index contributed by atoms with van der Waals surface area (Å²) in [5.41, 5.74) is 1.14. The zero-order valence-corrected chi connectivity index (χ0v) is 12.4. The van der Waals surface area contributed by atoms with Crippen molar-refractivity contribution in [1.29, 1.82) is 0 Å². The lowest BCUT2D eigenvalue weighted by molar-refractivity contribution is 0.181. The highest BCUT2D eigenvalue weighted by molar-refractivity contribution is 9.10. The van der Waals surface area contributed by atoms with Crippen molar-refractivity contribution in [3.63, 3.8) is 0 Å². The average molecular weight is 349 g/mol. The van der Waals surface area contributed by atoms with Gasteiger partial charge in [0.15, 0.2) is 5.82 Å². The van der Waals surface area contributed by atoms with Gasteiger partial charge >= 0.3 is 0 Å². The Labute approximate surface area is 122 Å². The van der Waals surface area contributed by atoms with Crippen LogP contribution in [-0.4, -0.2) is 22.1 Å². The Bertz CT molecular complexity index is 580. The summed E-state index contributed by atoms with van der Waals surface area (Å²) >= 11 is 15.4. The second-order valence-electron chi connectivity index (χ2n) is 3.37. The smallest absolute Gasteiger partial charge is 0.181 e. The van der Waals surface area contributed by atoms with Crippen molar-refractivity contribution in [3.8, 4) is 11.5 Å². The minimum Gasteiger partial charge on any atom is -0.378 e. The zero-order valence-electron chi connectivity index (χ0n) is 9.32. The molecular weight excluding hydrogens is 341 g/mol. The lowest BCUT2D eigenvalue weighted by atomic mass is 10.3. The number of nitrogens with zero attached hydrogens (tertiary/aromatic N) is 3. The van der Waals surface area contributed by atoms with E-state index in [1.54, 1.807) is 25.4 Å². The summed E-state index contributed by atoms with van der Waals surface area (Å²) in [5.74, 6) is 0.376. The molecule has 2 aromatic heterocycles. The van der Waals surface area contributed by atoms with Gasteiger partial charge in [-0.25, -0.2) is 9.97 Å². The van der Waals surface area contributed by atoms with Gasteiger partial charge in [-0.1, -0.05) is 23.2 Å². The van der Waals surface area contributed by atoms with E-state index in [1.165, 1.54) is 0 Å². The van der Waals surface area contributed by atoms with Crippen LogP contribution in [0.4, 0.5) is 0 Å². The van der Waals surface area contributed by atoms with Gasteiger partial charge in [0.25, 0.3) is 0 Å². The van der Waals surface area contributed by atoms with Gasteiger partial charge in [-0.15, -0.1) is 0 Å². The van der Waals surface area contributed by atoms with Gasteiger partial charge in [0, 0.05) is 13.3 Å². The molecule has 0 spiro atoms. The molecule has 0 saturated heterocycles. The van der Waals surface area contributed by atoms with Crippen molar-refractivity contribution >= 4 is 39.1 Å². The maximum absolute atomic E-state index is 6.05. The van der Waals surface area contributed by atoms with E-state index in [0.717, 1.165) is 0 Å². The van der Waals surface area contributed by atoms with Gasteiger partial charge in [0.2, 0.25) is 0 Å². The van der Waals surface area contributed by atoms with Gasteiger partial charge in [0.1, 0.15) is 10.8 Å². The molecule has 0 bridgehead atoms. The molecule has 0 saturated carbocycles. The third-order valence-electron chi connectivity index (χ3n) is 2.13. The first-order valence-corrected chi connectivity index (χ1v) is 6.50. The Morgan fingerprint density at radius 1 is 1.33 bits per heavy atom. The SMILES string of the molecule is COCc1nc(-c2ncccc2Cl)nc(Cl)c1Br. The van der Waals surface area contributed by atoms with Gasteiger partial charge < -0.3 is 4.74 Å². The molecule has 0 aromatic carbocycles. The largest absolute Gasteiger partial charge is 0.378 e. The highest BCUT2D eigenvalue weighted by Crippen LogP contribution is 2.29. The molecule has 2 rings (SSSR count). The molecule has 2 heterocycles. The molecule has 0 fully saturated rings. The minimum atomic E-state index is 0.300. The second-order valence-corrected chi connectivity index (χ2v) is 4.92. The number of hydrogen-bond acceptors (Lipinski definition) is 4. The third-order valence-corrected chi connectivity index (χ3v) is 3.77. The van der Waals surface area contributed by atoms with Crippen LogP contribution in [0.3, 0.4) is 0 Å². The lowest BCUT2D eigenvalue weighted by Crippen LogP contribution is -2.01. The molecule has 0 atom stereocenters. The molecular formula is C11H8BrCl2N3O. The van der Waals surface area contributed by atoms with Crippen LogP contribution in [0.25, 0.3) is 11.5 Å². The van der Waals surface area contributed by atoms with Crippen LogP contribution in [0.1, 0.15) is 5.69 Å². The van der Waals surface area contributed by atoms with Crippen molar-refractivity contribution < 1.29 is 4.74 Å². The number of rotatable bonds is 3. The average Bonchev–Trinajstić information content (AvgIpc) is 2.35. The third kappa shape index (κ3) is 2.80. The Morgan fingerprint density at radius 2 is 2.11 bits per heavy atom. The van der Waals surface area contributed by atoms with Gasteiger partial charge in [-0.2, -0.15) is 0 Å². The van der Waals surface area contributed by atoms with Gasteiger partial charge in [0.05, 0.1) is 21.8 Å². The fraction of sp³-hybridized carbons (Fsp3) is 0.182. The Hall–Kier alpha value is -0.750. The molecule has 0 unspecified atom stereocenters. The molecule has 0 radical (unpaired) electrons. The first kappa shape index (κ1) is 13.7. The normalized spacial score (nSPS) is 10.7. The molecule has 0 N–H and O–H groups in total. The van der Waals surface area contributed by atoms with E-state index in [9.17, 15) is 0 Å². The molecule has 0 amide bonds. The number of pyridine rings is 1. The lowest BCUT2D eigenvalue weighted by Gasteiger charge is -2.07. The molecule has 7 heteroatoms. The molecule has 0 aliphatic heterocycles. The van der Waals surface area contributed by atoms with E-state index in [-0.39, 0.29) is 0 Å². The van der Waals surface area contributed by atoms with Crippen LogP contribution in [-0.2, 0) is 11.3 Å². The predicted molar refractivity (Wildman–Crippen MR) is 73.7 cm³/mol. The van der Waals surface area contributed by atoms with Crippen LogP contribution in [0.5, 0.6) is 0 Å². The molecule has 94 valence electrons. The number of aromatic nitrogens is 3. The molecule has 2 aromatic rings. The first-order chi connectivity index (χ1) is 8.63. The maximum Gasteiger partial charge on any atom is 0.181 e. The molecule has 4 nitrogen and oxygen atoms in total. The van der Waals surface area contributed by atoms with Crippen molar-refractivity contribution in [1.82, 2.24) is 15.0 Å². The Balaban J connectivity index is 2.56. The summed E-state index contributed by atoms with van der Waals surface area (Å²) < 4.78 is 5.67. The van der Waals surface area contributed by atoms with Crippen molar-refractivity contribution in [2.45, 2.75) is 6.61 Å². The van der Waals surface area contributed by atoms with E-state index >= 15 is 0 Å². The summed E-state index contributed by atoms with van der Waals surface area (Å²) in [4.78, 5) is 12.6. The van der Waals surface area contributed by atoms with Crippen LogP contribution in [0.2, 0.25) is 10.2 Å². The zero-order chi connectivity index (χ0) is 13.1. The minimum absolute atomic E-state index is 0.300. The number of halogens is 3. The quantitative estimate of drug-likeness (QED) is 0.792. The van der Waals surface area contributed by atoms with E-state index in [1.807, 2.05) is 0 Å². The van der Waals surface area contributed by atoms with E-state index in [4.69, 9.17) is 27.9 Å². The van der Waals surface area contributed by atoms with E-state index in [2.05, 4.69) is 30.9 Å². The second kappa shape index (κ2) is 5.93. The highest BCUT2D eigenvalue weighted by Gasteiger charge is 2.14. The fourth-order valence-corrected chi connectivity index (χ4v) is 2.04. The summed E-state index contributed by atoms with van der Waals surface area (Å²) in [5, 5.41) is 0.771. The van der Waals surface area contributed by atoms with Gasteiger partial charge in [-0.05, 0) is 28.1 Å².